The summed E-state index contributed by atoms with van der Waals surface area (Å²) >= 11 is 3.17. The lowest BCUT2D eigenvalue weighted by Gasteiger charge is -2.37. The van der Waals surface area contributed by atoms with Gasteiger partial charge in [0.1, 0.15) is 0 Å². The molecule has 3 nitrogen and oxygen atoms in total. The van der Waals surface area contributed by atoms with E-state index in [9.17, 15) is 17.2 Å². The summed E-state index contributed by atoms with van der Waals surface area (Å²) in [6.07, 6.45) is 0. The van der Waals surface area contributed by atoms with Crippen molar-refractivity contribution in [1.82, 2.24) is 4.31 Å². The van der Waals surface area contributed by atoms with Crippen molar-refractivity contribution >= 4 is 26.0 Å². The molecule has 7 heteroatoms. The topological polar surface area (TPSA) is 37.4 Å². The van der Waals surface area contributed by atoms with E-state index in [2.05, 4.69) is 15.9 Å². The minimum atomic E-state index is -3.76. The van der Waals surface area contributed by atoms with E-state index in [-0.39, 0.29) is 4.90 Å². The van der Waals surface area contributed by atoms with Crippen LogP contribution in [0.4, 0.5) is 8.78 Å². The molecule has 0 spiro atoms. The molecule has 0 radical (unpaired) electrons. The first-order valence-electron chi connectivity index (χ1n) is 4.45. The molecule has 1 saturated heterocycles. The van der Waals surface area contributed by atoms with Gasteiger partial charge in [0.2, 0.25) is 10.0 Å². The molecular formula is C9H8BrF2NO2S. The predicted octanol–water partition coefficient (Wildman–Crippen LogP) is 2.09. The van der Waals surface area contributed by atoms with Crippen LogP contribution in [0.1, 0.15) is 0 Å². The van der Waals surface area contributed by atoms with Crippen molar-refractivity contribution < 1.29 is 17.2 Å². The fourth-order valence-electron chi connectivity index (χ4n) is 1.40. The molecule has 0 N–H and O–H groups in total. The lowest BCUT2D eigenvalue weighted by Crippen LogP contribution is -2.58. The Labute approximate surface area is 100 Å². The summed E-state index contributed by atoms with van der Waals surface area (Å²) in [4.78, 5) is 0.0335. The van der Waals surface area contributed by atoms with Gasteiger partial charge in [0.05, 0.1) is 18.0 Å². The predicted molar refractivity (Wildman–Crippen MR) is 57.8 cm³/mol. The second kappa shape index (κ2) is 3.75. The van der Waals surface area contributed by atoms with Gasteiger partial charge in [-0.2, -0.15) is 4.31 Å². The standard InChI is InChI=1S/C9H8BrF2NO2S/c10-7-1-3-8(4-2-7)16(14,15)13-5-9(11,12)6-13/h1-4H,5-6H2. The number of alkyl halides is 2. The largest absolute Gasteiger partial charge is 0.275 e. The Bertz CT molecular complexity index is 493. The Morgan fingerprint density at radius 1 is 1.19 bits per heavy atom. The van der Waals surface area contributed by atoms with Crippen molar-refractivity contribution in [3.63, 3.8) is 0 Å². The number of hydrogen-bond donors (Lipinski definition) is 0. The SMILES string of the molecule is O=S(=O)(c1ccc(Br)cc1)N1CC(F)(F)C1. The summed E-state index contributed by atoms with van der Waals surface area (Å²) in [5.41, 5.74) is 0. The van der Waals surface area contributed by atoms with E-state index in [1.165, 1.54) is 12.1 Å². The van der Waals surface area contributed by atoms with Crippen molar-refractivity contribution in [2.45, 2.75) is 10.8 Å². The van der Waals surface area contributed by atoms with Gasteiger partial charge < -0.3 is 0 Å². The minimum absolute atomic E-state index is 0.0335. The van der Waals surface area contributed by atoms with Gasteiger partial charge >= 0.3 is 0 Å². The number of nitrogens with zero attached hydrogens (tertiary/aromatic N) is 1. The molecular weight excluding hydrogens is 304 g/mol. The highest BCUT2D eigenvalue weighted by Gasteiger charge is 2.49. The molecule has 1 fully saturated rings. The number of benzene rings is 1. The third-order valence-electron chi connectivity index (χ3n) is 2.27. The Hall–Kier alpha value is -0.530. The molecule has 0 atom stereocenters. The summed E-state index contributed by atoms with van der Waals surface area (Å²) in [5.74, 6) is -2.89. The van der Waals surface area contributed by atoms with Crippen LogP contribution in [0.2, 0.25) is 0 Å². The van der Waals surface area contributed by atoms with Crippen LogP contribution in [0.3, 0.4) is 0 Å². The van der Waals surface area contributed by atoms with Crippen LogP contribution in [-0.4, -0.2) is 31.7 Å². The maximum atomic E-state index is 12.6. The molecule has 0 unspecified atom stereocenters. The summed E-state index contributed by atoms with van der Waals surface area (Å²) in [5, 5.41) is 0. The Morgan fingerprint density at radius 3 is 2.12 bits per heavy atom. The third-order valence-corrected chi connectivity index (χ3v) is 4.60. The molecule has 0 aromatic heterocycles. The number of sulfonamides is 1. The molecule has 0 aliphatic carbocycles. The zero-order chi connectivity index (χ0) is 12.0. The molecule has 1 aromatic rings. The van der Waals surface area contributed by atoms with Crippen molar-refractivity contribution in [1.29, 1.82) is 0 Å². The van der Waals surface area contributed by atoms with E-state index >= 15 is 0 Å². The number of hydrogen-bond acceptors (Lipinski definition) is 2. The first kappa shape index (κ1) is 11.9. The average molecular weight is 312 g/mol. The van der Waals surface area contributed by atoms with E-state index < -0.39 is 29.0 Å². The highest BCUT2D eigenvalue weighted by molar-refractivity contribution is 9.10. The van der Waals surface area contributed by atoms with Crippen molar-refractivity contribution in [3.8, 4) is 0 Å². The minimum Gasteiger partial charge on any atom is -0.207 e. The maximum absolute atomic E-state index is 12.6. The second-order valence-corrected chi connectivity index (χ2v) is 6.44. The smallest absolute Gasteiger partial charge is 0.207 e. The Morgan fingerprint density at radius 2 is 1.69 bits per heavy atom. The zero-order valence-corrected chi connectivity index (χ0v) is 10.4. The normalized spacial score (nSPS) is 20.4. The van der Waals surface area contributed by atoms with E-state index in [1.807, 2.05) is 0 Å². The molecule has 1 heterocycles. The van der Waals surface area contributed by atoms with Gasteiger partial charge in [-0.3, -0.25) is 0 Å². The Balaban J connectivity index is 2.24. The first-order valence-corrected chi connectivity index (χ1v) is 6.68. The van der Waals surface area contributed by atoms with Crippen LogP contribution in [0.15, 0.2) is 33.6 Å². The maximum Gasteiger partial charge on any atom is 0.275 e. The van der Waals surface area contributed by atoms with Gasteiger partial charge in [-0.05, 0) is 24.3 Å². The fourth-order valence-corrected chi connectivity index (χ4v) is 3.16. The van der Waals surface area contributed by atoms with Crippen LogP contribution in [0.25, 0.3) is 0 Å². The van der Waals surface area contributed by atoms with Crippen LogP contribution in [0, 0.1) is 0 Å². The molecule has 0 amide bonds. The first-order chi connectivity index (χ1) is 7.31. The lowest BCUT2D eigenvalue weighted by atomic mass is 10.2. The summed E-state index contributed by atoms with van der Waals surface area (Å²) in [6.45, 7) is -1.46. The molecule has 0 saturated carbocycles. The molecule has 1 aliphatic rings. The summed E-state index contributed by atoms with van der Waals surface area (Å²) in [7, 11) is -3.76. The van der Waals surface area contributed by atoms with Gasteiger partial charge in [0, 0.05) is 4.47 Å². The Kier molecular flexibility index (Phi) is 2.80. The van der Waals surface area contributed by atoms with Crippen LogP contribution >= 0.6 is 15.9 Å². The van der Waals surface area contributed by atoms with Gasteiger partial charge in [0.15, 0.2) is 0 Å². The number of rotatable bonds is 2. The van der Waals surface area contributed by atoms with Gasteiger partial charge in [-0.1, -0.05) is 15.9 Å². The zero-order valence-electron chi connectivity index (χ0n) is 8.03. The molecule has 16 heavy (non-hydrogen) atoms. The third kappa shape index (κ3) is 2.11. The number of halogens is 3. The van der Waals surface area contributed by atoms with Gasteiger partial charge in [0.25, 0.3) is 5.92 Å². The average Bonchev–Trinajstić information content (AvgIpc) is 2.14. The van der Waals surface area contributed by atoms with Crippen molar-refractivity contribution in [3.05, 3.63) is 28.7 Å². The fraction of sp³-hybridized carbons (Fsp3) is 0.333. The molecule has 0 bridgehead atoms. The molecule has 88 valence electrons. The van der Waals surface area contributed by atoms with Crippen molar-refractivity contribution in [2.75, 3.05) is 13.1 Å². The van der Waals surface area contributed by atoms with E-state index in [0.717, 1.165) is 8.78 Å². The van der Waals surface area contributed by atoms with Gasteiger partial charge in [-0.15, -0.1) is 0 Å². The van der Waals surface area contributed by atoms with Crippen LogP contribution < -0.4 is 0 Å². The van der Waals surface area contributed by atoms with Gasteiger partial charge in [-0.25, -0.2) is 17.2 Å². The highest BCUT2D eigenvalue weighted by Crippen LogP contribution is 2.32. The quantitative estimate of drug-likeness (QED) is 0.838. The molecule has 2 rings (SSSR count). The van der Waals surface area contributed by atoms with E-state index in [1.54, 1.807) is 12.1 Å². The molecule has 1 aromatic carbocycles. The van der Waals surface area contributed by atoms with E-state index in [4.69, 9.17) is 0 Å². The van der Waals surface area contributed by atoms with Crippen LogP contribution in [-0.2, 0) is 10.0 Å². The monoisotopic (exact) mass is 311 g/mol. The summed E-state index contributed by atoms with van der Waals surface area (Å²) < 4.78 is 50.3. The van der Waals surface area contributed by atoms with E-state index in [0.29, 0.717) is 0 Å². The molecule has 1 aliphatic heterocycles. The lowest BCUT2D eigenvalue weighted by molar-refractivity contribution is -0.0945. The van der Waals surface area contributed by atoms with Crippen molar-refractivity contribution in [2.24, 2.45) is 0 Å². The highest BCUT2D eigenvalue weighted by atomic mass is 79.9. The summed E-state index contributed by atoms with van der Waals surface area (Å²) in [6, 6.07) is 5.89. The second-order valence-electron chi connectivity index (χ2n) is 3.58. The van der Waals surface area contributed by atoms with Crippen LogP contribution in [0.5, 0.6) is 0 Å².